The standard InChI is InChI=1S/C30H22N2O7/c1-16(33)39-20-9-6-18(7-10-20)28(34)27-25-24(26-21-5-3-2-4-17(21)12-13-31(26)27)29(35)32(30(25)36)19-8-11-22-23(14-19)38-15-37-22/h2-14,24-27H,15H2,1H3/t24-,25-,26-,27+/m1/s1. The largest absolute Gasteiger partial charge is 0.454 e. The molecular weight excluding hydrogens is 500 g/mol. The van der Waals surface area contributed by atoms with Gasteiger partial charge < -0.3 is 19.1 Å². The summed E-state index contributed by atoms with van der Waals surface area (Å²) in [6.45, 7) is 1.37. The Hall–Kier alpha value is -4.92. The highest BCUT2D eigenvalue weighted by Gasteiger charge is 2.64. The van der Waals surface area contributed by atoms with E-state index in [2.05, 4.69) is 0 Å². The number of esters is 1. The second-order valence-electron chi connectivity index (χ2n) is 9.86. The SMILES string of the molecule is CC(=O)Oc1ccc(C(=O)[C@@H]2[C@@H]3C(=O)N(c4ccc5c(c4)OCO5)C(=O)[C@H]3[C@H]3c4ccccc4C=CN23)cc1. The van der Waals surface area contributed by atoms with E-state index in [-0.39, 0.29) is 18.5 Å². The molecule has 39 heavy (non-hydrogen) atoms. The first-order chi connectivity index (χ1) is 18.9. The first-order valence-corrected chi connectivity index (χ1v) is 12.6. The Balaban J connectivity index is 1.31. The highest BCUT2D eigenvalue weighted by atomic mass is 16.7. The normalized spacial score (nSPS) is 23.9. The molecule has 0 aliphatic carbocycles. The van der Waals surface area contributed by atoms with E-state index in [1.54, 1.807) is 42.5 Å². The predicted octanol–water partition coefficient (Wildman–Crippen LogP) is 3.74. The van der Waals surface area contributed by atoms with Crippen molar-refractivity contribution in [3.63, 3.8) is 0 Å². The molecule has 4 aliphatic heterocycles. The molecule has 0 saturated carbocycles. The topological polar surface area (TPSA) is 102 Å². The average Bonchev–Trinajstić information content (AvgIpc) is 3.61. The third-order valence-corrected chi connectivity index (χ3v) is 7.74. The van der Waals surface area contributed by atoms with Gasteiger partial charge in [0.1, 0.15) is 11.8 Å². The van der Waals surface area contributed by atoms with Crippen LogP contribution >= 0.6 is 0 Å². The first-order valence-electron chi connectivity index (χ1n) is 12.6. The highest BCUT2D eigenvalue weighted by molar-refractivity contribution is 6.24. The van der Waals surface area contributed by atoms with Crippen molar-refractivity contribution in [2.24, 2.45) is 11.8 Å². The predicted molar refractivity (Wildman–Crippen MR) is 138 cm³/mol. The molecule has 3 aromatic rings. The molecule has 2 saturated heterocycles. The van der Waals surface area contributed by atoms with E-state index in [9.17, 15) is 19.2 Å². The molecule has 9 heteroatoms. The number of Topliss-reactive ketones (excluding diaryl/α,β-unsaturated/α-hetero) is 1. The van der Waals surface area contributed by atoms with Crippen molar-refractivity contribution in [2.75, 3.05) is 11.7 Å². The Kier molecular flexibility index (Phi) is 5.09. The van der Waals surface area contributed by atoms with E-state index < -0.39 is 35.8 Å². The van der Waals surface area contributed by atoms with Gasteiger partial charge in [0.2, 0.25) is 18.6 Å². The number of ketones is 1. The Bertz CT molecular complexity index is 1600. The third-order valence-electron chi connectivity index (χ3n) is 7.74. The second kappa shape index (κ2) is 8.56. The minimum absolute atomic E-state index is 0.0684. The number of rotatable bonds is 4. The monoisotopic (exact) mass is 522 g/mol. The zero-order valence-electron chi connectivity index (χ0n) is 20.8. The van der Waals surface area contributed by atoms with Crippen LogP contribution in [0.5, 0.6) is 17.2 Å². The summed E-state index contributed by atoms with van der Waals surface area (Å²) in [5, 5.41) is 0. The zero-order valence-corrected chi connectivity index (χ0v) is 20.8. The van der Waals surface area contributed by atoms with Crippen molar-refractivity contribution in [3.05, 3.63) is 89.6 Å². The van der Waals surface area contributed by atoms with Gasteiger partial charge in [-0.25, -0.2) is 4.90 Å². The molecule has 0 N–H and O–H groups in total. The van der Waals surface area contributed by atoms with Gasteiger partial charge >= 0.3 is 5.97 Å². The number of fused-ring (bicyclic) bond motifs is 6. The number of benzene rings is 3. The number of ether oxygens (including phenoxy) is 3. The number of hydrogen-bond donors (Lipinski definition) is 0. The van der Waals surface area contributed by atoms with Gasteiger partial charge in [-0.1, -0.05) is 24.3 Å². The maximum absolute atomic E-state index is 14.0. The van der Waals surface area contributed by atoms with Crippen LogP contribution in [-0.4, -0.2) is 41.3 Å². The maximum Gasteiger partial charge on any atom is 0.308 e. The molecule has 0 unspecified atom stereocenters. The van der Waals surface area contributed by atoms with E-state index >= 15 is 0 Å². The maximum atomic E-state index is 14.0. The van der Waals surface area contributed by atoms with E-state index in [0.29, 0.717) is 28.5 Å². The Labute approximate surface area is 223 Å². The smallest absolute Gasteiger partial charge is 0.308 e. The van der Waals surface area contributed by atoms with Crippen LogP contribution in [0, 0.1) is 11.8 Å². The number of hydrogen-bond acceptors (Lipinski definition) is 8. The molecule has 0 aromatic heterocycles. The molecule has 194 valence electrons. The minimum atomic E-state index is -0.903. The molecule has 0 radical (unpaired) electrons. The molecule has 4 atom stereocenters. The second-order valence-corrected chi connectivity index (χ2v) is 9.86. The fourth-order valence-corrected chi connectivity index (χ4v) is 6.16. The van der Waals surface area contributed by atoms with Crippen LogP contribution in [0.25, 0.3) is 6.08 Å². The molecule has 4 aliphatic rings. The lowest BCUT2D eigenvalue weighted by atomic mass is 9.83. The number of carbonyl (C=O) groups is 4. The number of nitrogens with zero attached hydrogens (tertiary/aromatic N) is 2. The molecular formula is C30H22N2O7. The summed E-state index contributed by atoms with van der Waals surface area (Å²) in [6.07, 6.45) is 3.72. The van der Waals surface area contributed by atoms with Gasteiger partial charge in [-0.15, -0.1) is 0 Å². The molecule has 0 bridgehead atoms. The lowest BCUT2D eigenvalue weighted by Crippen LogP contribution is -2.44. The van der Waals surface area contributed by atoms with Crippen LogP contribution in [-0.2, 0) is 14.4 Å². The lowest BCUT2D eigenvalue weighted by Gasteiger charge is -2.35. The summed E-state index contributed by atoms with van der Waals surface area (Å²) in [5.74, 6) is -1.89. The van der Waals surface area contributed by atoms with E-state index in [1.807, 2.05) is 41.4 Å². The molecule has 3 aromatic carbocycles. The van der Waals surface area contributed by atoms with Gasteiger partial charge in [0.25, 0.3) is 0 Å². The van der Waals surface area contributed by atoms with Gasteiger partial charge in [-0.3, -0.25) is 19.2 Å². The Morgan fingerprint density at radius 1 is 0.897 bits per heavy atom. The summed E-state index contributed by atoms with van der Waals surface area (Å²) in [4.78, 5) is 56.5. The third kappa shape index (κ3) is 3.46. The van der Waals surface area contributed by atoms with Gasteiger partial charge in [0, 0.05) is 24.8 Å². The van der Waals surface area contributed by atoms with Crippen LogP contribution in [0.1, 0.15) is 34.5 Å². The van der Waals surface area contributed by atoms with Crippen LogP contribution in [0.15, 0.2) is 72.9 Å². The molecule has 2 amide bonds. The van der Waals surface area contributed by atoms with Crippen molar-refractivity contribution < 1.29 is 33.4 Å². The first kappa shape index (κ1) is 23.2. The zero-order chi connectivity index (χ0) is 26.8. The number of amides is 2. The van der Waals surface area contributed by atoms with Crippen molar-refractivity contribution in [1.29, 1.82) is 0 Å². The van der Waals surface area contributed by atoms with Crippen LogP contribution in [0.2, 0.25) is 0 Å². The summed E-state index contributed by atoms with van der Waals surface area (Å²) >= 11 is 0. The summed E-state index contributed by atoms with van der Waals surface area (Å²) in [5.41, 5.74) is 2.57. The Morgan fingerprint density at radius 3 is 2.44 bits per heavy atom. The summed E-state index contributed by atoms with van der Waals surface area (Å²) in [6, 6.07) is 17.5. The molecule has 7 rings (SSSR count). The van der Waals surface area contributed by atoms with Crippen LogP contribution in [0.3, 0.4) is 0 Å². The van der Waals surface area contributed by atoms with Gasteiger partial charge in [0.05, 0.1) is 23.6 Å². The lowest BCUT2D eigenvalue weighted by molar-refractivity contribution is -0.132. The quantitative estimate of drug-likeness (QED) is 0.221. The van der Waals surface area contributed by atoms with E-state index in [0.717, 1.165) is 11.1 Å². The molecule has 4 heterocycles. The van der Waals surface area contributed by atoms with Crippen molar-refractivity contribution in [1.82, 2.24) is 4.90 Å². The fraction of sp³-hybridized carbons (Fsp3) is 0.200. The average molecular weight is 523 g/mol. The number of imide groups is 1. The van der Waals surface area contributed by atoms with Crippen LogP contribution in [0.4, 0.5) is 5.69 Å². The van der Waals surface area contributed by atoms with Crippen molar-refractivity contribution >= 4 is 35.3 Å². The fourth-order valence-electron chi connectivity index (χ4n) is 6.16. The molecule has 2 fully saturated rings. The molecule has 0 spiro atoms. The van der Waals surface area contributed by atoms with E-state index in [1.165, 1.54) is 11.8 Å². The number of anilines is 1. The number of carbonyl (C=O) groups excluding carboxylic acids is 4. The summed E-state index contributed by atoms with van der Waals surface area (Å²) < 4.78 is 16.0. The highest BCUT2D eigenvalue weighted by Crippen LogP contribution is 2.54. The van der Waals surface area contributed by atoms with Gasteiger partial charge in [-0.05, 0) is 53.6 Å². The van der Waals surface area contributed by atoms with Crippen molar-refractivity contribution in [2.45, 2.75) is 19.0 Å². The minimum Gasteiger partial charge on any atom is -0.454 e. The Morgan fingerprint density at radius 2 is 1.64 bits per heavy atom. The van der Waals surface area contributed by atoms with Crippen LogP contribution < -0.4 is 19.1 Å². The van der Waals surface area contributed by atoms with E-state index in [4.69, 9.17) is 14.2 Å². The van der Waals surface area contributed by atoms with Gasteiger partial charge in [0.15, 0.2) is 17.3 Å². The summed E-state index contributed by atoms with van der Waals surface area (Å²) in [7, 11) is 0. The molecule has 9 nitrogen and oxygen atoms in total. The van der Waals surface area contributed by atoms with Gasteiger partial charge in [-0.2, -0.15) is 0 Å². The van der Waals surface area contributed by atoms with Crippen molar-refractivity contribution in [3.8, 4) is 17.2 Å².